The van der Waals surface area contributed by atoms with Crippen molar-refractivity contribution in [3.05, 3.63) is 65.9 Å². The van der Waals surface area contributed by atoms with Crippen LogP contribution in [0.25, 0.3) is 22.0 Å². The Morgan fingerprint density at radius 1 is 0.875 bits per heavy atom. The predicted molar refractivity (Wildman–Crippen MR) is 113 cm³/mol. The molecule has 3 aromatic rings. The number of halogens is 1. The van der Waals surface area contributed by atoms with Crippen molar-refractivity contribution in [1.29, 1.82) is 0 Å². The van der Waals surface area contributed by atoms with Crippen LogP contribution < -0.4 is 0 Å². The zero-order valence-corrected chi connectivity index (χ0v) is 16.5. The minimum absolute atomic E-state index is 0. The average molecular weight is 429 g/mol. The van der Waals surface area contributed by atoms with Gasteiger partial charge in [-0.3, -0.25) is 4.98 Å². The summed E-state index contributed by atoms with van der Waals surface area (Å²) in [5.41, 5.74) is 6.27. The molecule has 0 amide bonds. The van der Waals surface area contributed by atoms with Gasteiger partial charge in [-0.1, -0.05) is 61.7 Å². The summed E-state index contributed by atoms with van der Waals surface area (Å²) in [6, 6.07) is 19.9. The molecule has 0 radical (unpaired) electrons. The Labute approximate surface area is 161 Å². The van der Waals surface area contributed by atoms with Crippen molar-refractivity contribution in [2.75, 3.05) is 0 Å². The lowest BCUT2D eigenvalue weighted by molar-refractivity contribution is 0.443. The minimum Gasteiger partial charge on any atom is -0.253 e. The Hall–Kier alpha value is -1.42. The van der Waals surface area contributed by atoms with Crippen LogP contribution in [0.4, 0.5) is 0 Å². The molecule has 1 nitrogen and oxygen atoms in total. The molecule has 1 aromatic heterocycles. The Bertz CT molecular complexity index is 817. The molecule has 0 spiro atoms. The maximum atomic E-state index is 4.65. The Kier molecular flexibility index (Phi) is 5.54. The predicted octanol–water partition coefficient (Wildman–Crippen LogP) is 6.88. The summed E-state index contributed by atoms with van der Waals surface area (Å²) in [5, 5.41) is 1.24. The summed E-state index contributed by atoms with van der Waals surface area (Å²) in [6.07, 6.45) is 6.91. The summed E-state index contributed by atoms with van der Waals surface area (Å²) < 4.78 is 0. The fourth-order valence-corrected chi connectivity index (χ4v) is 3.92. The first kappa shape index (κ1) is 17.4. The molecule has 0 bridgehead atoms. The van der Waals surface area contributed by atoms with Gasteiger partial charge in [0.15, 0.2) is 0 Å². The molecule has 1 aliphatic rings. The maximum Gasteiger partial charge on any atom is 0.0711 e. The molecule has 0 atom stereocenters. The molecule has 124 valence electrons. The van der Waals surface area contributed by atoms with Crippen molar-refractivity contribution in [3.63, 3.8) is 0 Å². The van der Waals surface area contributed by atoms with Crippen LogP contribution in [-0.2, 0) is 0 Å². The number of hydrogen-bond acceptors (Lipinski definition) is 1. The van der Waals surface area contributed by atoms with Crippen molar-refractivity contribution in [1.82, 2.24) is 4.98 Å². The van der Waals surface area contributed by atoms with Gasteiger partial charge in [0.2, 0.25) is 0 Å². The number of hydrogen-bond donors (Lipinski definition) is 0. The molecule has 0 saturated heterocycles. The molecular weight excluding hydrogens is 405 g/mol. The fraction of sp³-hybridized carbons (Fsp3) is 0.318. The second-order valence-corrected chi connectivity index (χ2v) is 6.79. The van der Waals surface area contributed by atoms with E-state index in [0.717, 1.165) is 17.1 Å². The van der Waals surface area contributed by atoms with Gasteiger partial charge in [0.25, 0.3) is 0 Å². The highest BCUT2D eigenvalue weighted by Gasteiger charge is 2.15. The number of fused-ring (bicyclic) bond motifs is 1. The fourth-order valence-electron chi connectivity index (χ4n) is 3.92. The number of para-hydroxylation sites is 1. The molecular formula is C22H24IN. The van der Waals surface area contributed by atoms with E-state index in [1.54, 1.807) is 0 Å². The zero-order chi connectivity index (χ0) is 15.6. The van der Waals surface area contributed by atoms with Gasteiger partial charge in [-0.25, -0.2) is 0 Å². The second kappa shape index (κ2) is 7.64. The van der Waals surface area contributed by atoms with Crippen molar-refractivity contribution in [3.8, 4) is 11.1 Å². The first-order chi connectivity index (χ1) is 11.3. The summed E-state index contributed by atoms with van der Waals surface area (Å²) in [6.45, 7) is 2.08. The van der Waals surface area contributed by atoms with Crippen molar-refractivity contribution >= 4 is 34.9 Å². The lowest BCUT2D eigenvalue weighted by Crippen LogP contribution is -2.04. The average Bonchev–Trinajstić information content (AvgIpc) is 2.62. The number of nitrogens with zero attached hydrogens (tertiary/aromatic N) is 1. The van der Waals surface area contributed by atoms with E-state index in [1.807, 2.05) is 0 Å². The Morgan fingerprint density at radius 2 is 1.58 bits per heavy atom. The summed E-state index contributed by atoms with van der Waals surface area (Å²) >= 11 is 0. The smallest absolute Gasteiger partial charge is 0.0711 e. The molecule has 4 rings (SSSR count). The van der Waals surface area contributed by atoms with Gasteiger partial charge in [-0.2, -0.15) is 0 Å². The van der Waals surface area contributed by atoms with Crippen molar-refractivity contribution < 1.29 is 0 Å². The first-order valence-electron chi connectivity index (χ1n) is 8.78. The van der Waals surface area contributed by atoms with Crippen LogP contribution in [0.15, 0.2) is 54.6 Å². The molecule has 0 N–H and O–H groups in total. The summed E-state index contributed by atoms with van der Waals surface area (Å²) in [7, 11) is 0. The van der Waals surface area contributed by atoms with Crippen LogP contribution in [0.2, 0.25) is 0 Å². The van der Waals surface area contributed by atoms with Crippen molar-refractivity contribution in [2.24, 2.45) is 0 Å². The first-order valence-corrected chi connectivity index (χ1v) is 8.78. The van der Waals surface area contributed by atoms with E-state index in [9.17, 15) is 0 Å². The van der Waals surface area contributed by atoms with Gasteiger partial charge >= 0.3 is 0 Å². The quantitative estimate of drug-likeness (QED) is 0.405. The lowest BCUT2D eigenvalue weighted by Gasteiger charge is -2.22. The normalized spacial score (nSPS) is 15.2. The SMILES string of the molecule is Cc1cc(-c2ccc(C3CCCCC3)cc2)c2ccccc2n1.I. The monoisotopic (exact) mass is 429 g/mol. The second-order valence-electron chi connectivity index (χ2n) is 6.79. The molecule has 2 aromatic carbocycles. The minimum atomic E-state index is 0. The molecule has 1 heterocycles. The van der Waals surface area contributed by atoms with Crippen LogP contribution in [-0.4, -0.2) is 4.98 Å². The standard InChI is InChI=1S/C22H23N.HI/c1-16-15-21(20-9-5-6-10-22(20)23-16)19-13-11-18(12-14-19)17-7-3-2-4-8-17;/h5-6,9-15,17H,2-4,7-8H2,1H3;1H. The highest BCUT2D eigenvalue weighted by atomic mass is 127. The molecule has 0 unspecified atom stereocenters. The molecule has 1 aliphatic carbocycles. The van der Waals surface area contributed by atoms with Gasteiger partial charge < -0.3 is 0 Å². The van der Waals surface area contributed by atoms with E-state index in [0.29, 0.717) is 0 Å². The van der Waals surface area contributed by atoms with Gasteiger partial charge in [0, 0.05) is 11.1 Å². The number of aromatic nitrogens is 1. The van der Waals surface area contributed by atoms with E-state index >= 15 is 0 Å². The third-order valence-electron chi connectivity index (χ3n) is 5.14. The third kappa shape index (κ3) is 3.49. The van der Waals surface area contributed by atoms with E-state index in [1.165, 1.54) is 54.2 Å². The van der Waals surface area contributed by atoms with Gasteiger partial charge in [-0.05, 0) is 54.5 Å². The Balaban J connectivity index is 0.00000169. The molecule has 1 saturated carbocycles. The zero-order valence-electron chi connectivity index (χ0n) is 14.2. The Morgan fingerprint density at radius 3 is 2.33 bits per heavy atom. The van der Waals surface area contributed by atoms with Gasteiger partial charge in [-0.15, -0.1) is 24.0 Å². The van der Waals surface area contributed by atoms with E-state index in [4.69, 9.17) is 0 Å². The van der Waals surface area contributed by atoms with Crippen LogP contribution in [0, 0.1) is 6.92 Å². The highest BCUT2D eigenvalue weighted by molar-refractivity contribution is 14.0. The highest BCUT2D eigenvalue weighted by Crippen LogP contribution is 2.34. The van der Waals surface area contributed by atoms with E-state index in [2.05, 4.69) is 66.5 Å². The van der Waals surface area contributed by atoms with Gasteiger partial charge in [0.05, 0.1) is 5.52 Å². The molecule has 1 fully saturated rings. The molecule has 0 aliphatic heterocycles. The molecule has 2 heteroatoms. The summed E-state index contributed by atoms with van der Waals surface area (Å²) in [5.74, 6) is 0.772. The molecule has 24 heavy (non-hydrogen) atoms. The van der Waals surface area contributed by atoms with Crippen LogP contribution in [0.1, 0.15) is 49.3 Å². The number of aryl methyl sites for hydroxylation is 1. The van der Waals surface area contributed by atoms with E-state index < -0.39 is 0 Å². The number of pyridine rings is 1. The van der Waals surface area contributed by atoms with Crippen LogP contribution in [0.5, 0.6) is 0 Å². The largest absolute Gasteiger partial charge is 0.253 e. The third-order valence-corrected chi connectivity index (χ3v) is 5.14. The topological polar surface area (TPSA) is 12.9 Å². The van der Waals surface area contributed by atoms with Crippen molar-refractivity contribution in [2.45, 2.75) is 44.9 Å². The van der Waals surface area contributed by atoms with Gasteiger partial charge in [0.1, 0.15) is 0 Å². The van der Waals surface area contributed by atoms with Crippen LogP contribution in [0.3, 0.4) is 0 Å². The number of rotatable bonds is 2. The van der Waals surface area contributed by atoms with Crippen LogP contribution >= 0.6 is 24.0 Å². The maximum absolute atomic E-state index is 4.65. The summed E-state index contributed by atoms with van der Waals surface area (Å²) in [4.78, 5) is 4.65. The lowest BCUT2D eigenvalue weighted by atomic mass is 9.83. The number of benzene rings is 2. The van der Waals surface area contributed by atoms with E-state index in [-0.39, 0.29) is 24.0 Å².